The number of rotatable bonds is 8. The molecule has 0 N–H and O–H groups in total. The molecule has 2 heteroatoms. The number of aryl methyl sites for hydroxylation is 15. The summed E-state index contributed by atoms with van der Waals surface area (Å²) in [5.74, 6) is 0. The number of allylic oxidation sites excluding steroid dienone is 13. The van der Waals surface area contributed by atoms with Gasteiger partial charge in [-0.2, -0.15) is 6.92 Å². The third-order valence-corrected chi connectivity index (χ3v) is 22.9. The number of aromatic nitrogens is 1. The first kappa shape index (κ1) is 112. The van der Waals surface area contributed by atoms with E-state index < -0.39 is 0 Å². The molecule has 1 aliphatic carbocycles. The number of nitrogens with zero attached hydrogens (tertiary/aromatic N) is 1. The summed E-state index contributed by atoms with van der Waals surface area (Å²) in [6.07, 6.45) is 35.1. The fourth-order valence-electron chi connectivity index (χ4n) is 14.5. The monoisotopic (exact) mass is 1870 g/mol. The van der Waals surface area contributed by atoms with Gasteiger partial charge in [-0.1, -0.05) is 471 Å². The van der Waals surface area contributed by atoms with Crippen LogP contribution in [-0.2, 0) is 32.7 Å². The van der Waals surface area contributed by atoms with Crippen molar-refractivity contribution >= 4 is 84.2 Å². The van der Waals surface area contributed by atoms with Crippen LogP contribution < -0.4 is 0 Å². The molecule has 0 fully saturated rings. The Kier molecular flexibility index (Phi) is 50.6. The van der Waals surface area contributed by atoms with Gasteiger partial charge in [-0.3, -0.25) is 10.6 Å². The van der Waals surface area contributed by atoms with Crippen molar-refractivity contribution in [2.24, 2.45) is 0 Å². The number of benzene rings is 16. The Morgan fingerprint density at radius 1 is 0.248 bits per heavy atom. The Hall–Kier alpha value is -13.3. The second-order valence-electron chi connectivity index (χ2n) is 35.3. The number of pyridine rings is 1. The van der Waals surface area contributed by atoms with Crippen LogP contribution in [0.2, 0.25) is 0 Å². The fraction of sp³-hybridized carbons (Fsp3) is 0.193. The van der Waals surface area contributed by atoms with Crippen LogP contribution in [0.25, 0.3) is 106 Å². The second kappa shape index (κ2) is 61.7. The molecule has 1 aliphatic rings. The van der Waals surface area contributed by atoms with Gasteiger partial charge in [0.2, 0.25) is 0 Å². The van der Waals surface area contributed by atoms with Gasteiger partial charge < -0.3 is 6.08 Å². The summed E-state index contributed by atoms with van der Waals surface area (Å²) in [5.41, 5.74) is 35.2. The summed E-state index contributed by atoms with van der Waals surface area (Å²) in [6.45, 7) is 52.2. The van der Waals surface area contributed by atoms with Crippen molar-refractivity contribution in [3.05, 3.63) is 535 Å². The van der Waals surface area contributed by atoms with Crippen molar-refractivity contribution in [3.8, 4) is 22.3 Å². The molecule has 1 radical (unpaired) electrons. The molecule has 0 aliphatic heterocycles. The molecule has 0 unspecified atom stereocenters. The molecular formula is C135H148NY-. The van der Waals surface area contributed by atoms with Gasteiger partial charge in [0.25, 0.3) is 0 Å². The quantitative estimate of drug-likeness (QED) is 0.0486. The zero-order valence-electron chi connectivity index (χ0n) is 86.7. The Morgan fingerprint density at radius 3 is 0.803 bits per heavy atom. The maximum atomic E-state index is 4.08. The van der Waals surface area contributed by atoms with E-state index in [1.165, 1.54) is 205 Å². The van der Waals surface area contributed by atoms with Crippen LogP contribution >= 0.6 is 0 Å². The first-order valence-corrected chi connectivity index (χ1v) is 47.8. The summed E-state index contributed by atoms with van der Waals surface area (Å²) in [6, 6.07) is 121. The first-order valence-electron chi connectivity index (χ1n) is 47.8. The van der Waals surface area contributed by atoms with Crippen molar-refractivity contribution in [1.29, 1.82) is 0 Å². The molecule has 1 heterocycles. The van der Waals surface area contributed by atoms with E-state index in [-0.39, 0.29) is 32.7 Å². The first-order chi connectivity index (χ1) is 65.5. The van der Waals surface area contributed by atoms with E-state index in [9.17, 15) is 0 Å². The van der Waals surface area contributed by atoms with E-state index in [1.54, 1.807) is 0 Å². The third kappa shape index (κ3) is 40.7. The van der Waals surface area contributed by atoms with Crippen LogP contribution in [0.15, 0.2) is 417 Å². The summed E-state index contributed by atoms with van der Waals surface area (Å²) in [7, 11) is 0. The minimum Gasteiger partial charge on any atom is -0.501 e. The van der Waals surface area contributed by atoms with Crippen LogP contribution in [0.3, 0.4) is 0 Å². The number of hydrogen-bond donors (Lipinski definition) is 0. The van der Waals surface area contributed by atoms with Gasteiger partial charge in [0.05, 0.1) is 0 Å². The van der Waals surface area contributed by atoms with Crippen molar-refractivity contribution in [1.82, 2.24) is 4.98 Å². The molecular weight excluding hydrogens is 1720 g/mol. The smallest absolute Gasteiger partial charge is 0.0372 e. The van der Waals surface area contributed by atoms with Crippen LogP contribution in [0.1, 0.15) is 187 Å². The van der Waals surface area contributed by atoms with Crippen LogP contribution in [0, 0.1) is 110 Å². The fourth-order valence-corrected chi connectivity index (χ4v) is 14.5. The predicted octanol–water partition coefficient (Wildman–Crippen LogP) is 39.8. The summed E-state index contributed by atoms with van der Waals surface area (Å²) < 4.78 is 0. The molecule has 1 aromatic heterocycles. The van der Waals surface area contributed by atoms with Crippen molar-refractivity contribution in [2.45, 2.75) is 180 Å². The van der Waals surface area contributed by atoms with E-state index in [1.807, 2.05) is 112 Å². The minimum absolute atomic E-state index is 0. The third-order valence-electron chi connectivity index (χ3n) is 22.9. The Balaban J connectivity index is 0.000000233. The van der Waals surface area contributed by atoms with E-state index in [0.29, 0.717) is 0 Å². The molecule has 0 spiro atoms. The maximum Gasteiger partial charge on any atom is 0.0372 e. The van der Waals surface area contributed by atoms with E-state index in [0.717, 1.165) is 5.69 Å². The van der Waals surface area contributed by atoms with Gasteiger partial charge in [0.15, 0.2) is 0 Å². The van der Waals surface area contributed by atoms with Gasteiger partial charge in [-0.15, -0.1) is 0 Å². The molecule has 0 amide bonds. The van der Waals surface area contributed by atoms with Gasteiger partial charge >= 0.3 is 0 Å². The molecule has 0 saturated heterocycles. The van der Waals surface area contributed by atoms with E-state index in [4.69, 9.17) is 0 Å². The average Bonchev–Trinajstić information content (AvgIpc) is 1.76. The minimum atomic E-state index is 0. The van der Waals surface area contributed by atoms with Crippen LogP contribution in [0.4, 0.5) is 0 Å². The van der Waals surface area contributed by atoms with Crippen molar-refractivity contribution < 1.29 is 32.7 Å². The van der Waals surface area contributed by atoms with Gasteiger partial charge in [-0.05, 0) is 320 Å². The maximum absolute atomic E-state index is 4.08. The van der Waals surface area contributed by atoms with Gasteiger partial charge in [-0.25, -0.2) is 0 Å². The predicted molar refractivity (Wildman–Crippen MR) is 610 cm³/mol. The molecule has 18 rings (SSSR count). The van der Waals surface area contributed by atoms with Crippen molar-refractivity contribution in [3.63, 3.8) is 0 Å². The number of fused-ring (bicyclic) bond motifs is 6. The Morgan fingerprint density at radius 2 is 0.511 bits per heavy atom. The van der Waals surface area contributed by atoms with Crippen LogP contribution in [0.5, 0.6) is 0 Å². The second-order valence-corrected chi connectivity index (χ2v) is 35.3. The SMILES string of the molecule is C/C=C/C=C/C.C/C=C/c1ccc(-c2ccc(/C=C/C)cc2)cc1.C/C=C/c1ccc(C)cc1.CC1=CC=C(C)C1.C[C-]=C(C)C.Cc1ccc(-c2ccc(C)cc2)cc1.Cc1ccc(/C=C/c2ccc(C)cc2)cc1.Cc1ccc(C)c2c1ccc1ccccc12.Cc1ccc(C)c2cc3ccccc3cc12.Cc1ccc(C)c2ccccc12.Cc1ccc(C)cc1.Cc1ccc(C)nc1.[Y]. The summed E-state index contributed by atoms with van der Waals surface area (Å²) >= 11 is 0. The molecule has 0 atom stereocenters. The molecule has 16 aromatic carbocycles. The average molecular weight is 1870 g/mol. The van der Waals surface area contributed by atoms with Crippen molar-refractivity contribution in [2.75, 3.05) is 0 Å². The Labute approximate surface area is 851 Å². The van der Waals surface area contributed by atoms with Gasteiger partial charge in [0.1, 0.15) is 0 Å². The van der Waals surface area contributed by atoms with E-state index >= 15 is 0 Å². The molecule has 697 valence electrons. The van der Waals surface area contributed by atoms with E-state index in [2.05, 4.69) is 503 Å². The molecule has 137 heavy (non-hydrogen) atoms. The van der Waals surface area contributed by atoms with Gasteiger partial charge in [0, 0.05) is 44.6 Å². The Bertz CT molecular complexity index is 6380. The van der Waals surface area contributed by atoms with Crippen LogP contribution in [-0.4, -0.2) is 4.98 Å². The molecule has 1 nitrogen and oxygen atoms in total. The topological polar surface area (TPSA) is 12.9 Å². The largest absolute Gasteiger partial charge is 0.501 e. The molecule has 0 saturated carbocycles. The standard InChI is InChI=1S/C18H18.2C16H14.C16H16.C14H14.C12H12.C10H12.C8H10.C7H9N.C7H10.C6H10.C5H9.Y/c1-3-5-15-7-11-17(12-8-15)18-13-9-16(6-4-2)10-14-18;1-11-7-8-12(2)16-10-14-6-4-3-5-13(14)9-15(11)16;1-11-7-8-12(2)16-14(11)10-9-13-5-3-4-6-15(13)16;1-13-3-7-15(8-4-13)11-12-16-9-5-14(2)6-10-16;1-11-3-7-13(8-4-11)14-9-5-12(2)6-10-14;1-9-7-8-10(2)12-6-4-3-5-11(9)12;1-3-4-10-7-5-9(2)6-8-10;1-7-3-5-8(2)6-4-7;1-6-3-4-7(2)8-5-6;1-6-3-4-7(2)5-6;1-3-5-6-4-2;1-4-5(2)3;/h3-14H,1-2H3;2*3-10H,1-2H3;3-12H,1-2H3;3-10H,1-2H3;3-8H,1-2H3;3-8H,1-2H3;3-6H,1-2H3;3-5H,1-2H3;3-4H,5H2,1-2H3;3-6H,1-2H3;1-3H3;/q;;;;;;;;;;;-1;/b5-3+,6-4+;;;12-11+;;;4-3+;;;;5-3+,6-4+;;. The zero-order valence-corrected chi connectivity index (χ0v) is 89.6. The summed E-state index contributed by atoms with van der Waals surface area (Å²) in [4.78, 5) is 4.08. The summed E-state index contributed by atoms with van der Waals surface area (Å²) in [5, 5.41) is 13.6. The zero-order chi connectivity index (χ0) is 98.7. The molecule has 0 bridgehead atoms. The number of hydrogen-bond acceptors (Lipinski definition) is 1. The molecule has 17 aromatic rings. The normalized spacial score (nSPS) is 10.9.